The van der Waals surface area contributed by atoms with Crippen molar-refractivity contribution in [2.45, 2.75) is 13.3 Å². The molecule has 2 N–H and O–H groups in total. The molecule has 0 saturated carbocycles. The minimum atomic E-state index is -4.76. The number of hydrogen-bond donors (Lipinski definition) is 1. The Bertz CT molecular complexity index is 517. The molecule has 0 aliphatic heterocycles. The van der Waals surface area contributed by atoms with Crippen LogP contribution in [0.5, 0.6) is 5.75 Å². The van der Waals surface area contributed by atoms with Crippen molar-refractivity contribution in [1.29, 1.82) is 0 Å². The molecule has 1 rings (SSSR count). The number of thiocarbonyl (C=S) groups is 1. The van der Waals surface area contributed by atoms with Crippen molar-refractivity contribution < 1.29 is 22.7 Å². The van der Waals surface area contributed by atoms with Gasteiger partial charge in [-0.2, -0.15) is 0 Å². The minimum absolute atomic E-state index is 0.151. The normalized spacial score (nSPS) is 12.6. The topological polar surface area (TPSA) is 55.6 Å². The van der Waals surface area contributed by atoms with Crippen LogP contribution in [-0.4, -0.2) is 35.8 Å². The van der Waals surface area contributed by atoms with E-state index in [0.29, 0.717) is 11.5 Å². The van der Waals surface area contributed by atoms with Crippen molar-refractivity contribution in [3.05, 3.63) is 29.8 Å². The van der Waals surface area contributed by atoms with Gasteiger partial charge in [-0.05, 0) is 24.3 Å². The Morgan fingerprint density at radius 2 is 1.90 bits per heavy atom. The van der Waals surface area contributed by atoms with Gasteiger partial charge < -0.3 is 15.4 Å². The van der Waals surface area contributed by atoms with Crippen molar-refractivity contribution in [3.63, 3.8) is 0 Å². The summed E-state index contributed by atoms with van der Waals surface area (Å²) in [6.07, 6.45) is -4.76. The van der Waals surface area contributed by atoms with Crippen LogP contribution in [0.15, 0.2) is 24.3 Å². The maximum absolute atomic E-state index is 12.1. The van der Waals surface area contributed by atoms with Gasteiger partial charge in [-0.25, -0.2) is 0 Å². The number of halogens is 3. The van der Waals surface area contributed by atoms with Gasteiger partial charge in [0.2, 0.25) is 0 Å². The summed E-state index contributed by atoms with van der Waals surface area (Å²) in [5.74, 6) is -0.864. The highest BCUT2D eigenvalue weighted by molar-refractivity contribution is 7.80. The standard InChI is InChI=1S/C13H15F3N2O2S/c1-8(11(17)21)7-18(2)12(19)9-3-5-10(6-4-9)20-13(14,15)16/h3-6,8H,7H2,1-2H3,(H2,17,21). The fourth-order valence-electron chi connectivity index (χ4n) is 1.60. The highest BCUT2D eigenvalue weighted by Crippen LogP contribution is 2.23. The number of amides is 1. The fraction of sp³-hybridized carbons (Fsp3) is 0.385. The van der Waals surface area contributed by atoms with Crippen LogP contribution in [0.25, 0.3) is 0 Å². The summed E-state index contributed by atoms with van der Waals surface area (Å²) >= 11 is 4.82. The van der Waals surface area contributed by atoms with Crippen molar-refractivity contribution in [2.75, 3.05) is 13.6 Å². The first-order chi connectivity index (χ1) is 9.60. The zero-order valence-electron chi connectivity index (χ0n) is 11.5. The lowest BCUT2D eigenvalue weighted by Crippen LogP contribution is -2.35. The van der Waals surface area contributed by atoms with Crippen LogP contribution in [0.1, 0.15) is 17.3 Å². The Kier molecular flexibility index (Phi) is 5.54. The Morgan fingerprint density at radius 3 is 2.33 bits per heavy atom. The quantitative estimate of drug-likeness (QED) is 0.847. The van der Waals surface area contributed by atoms with E-state index in [2.05, 4.69) is 4.74 Å². The van der Waals surface area contributed by atoms with Crippen molar-refractivity contribution >= 4 is 23.1 Å². The molecule has 0 aromatic heterocycles. The van der Waals surface area contributed by atoms with E-state index >= 15 is 0 Å². The molecule has 0 radical (unpaired) electrons. The van der Waals surface area contributed by atoms with E-state index in [1.807, 2.05) is 0 Å². The molecule has 1 unspecified atom stereocenters. The highest BCUT2D eigenvalue weighted by Gasteiger charge is 2.31. The average Bonchev–Trinajstić information content (AvgIpc) is 2.36. The zero-order chi connectivity index (χ0) is 16.2. The van der Waals surface area contributed by atoms with Gasteiger partial charge in [0.05, 0.1) is 4.99 Å². The van der Waals surface area contributed by atoms with Gasteiger partial charge in [-0.1, -0.05) is 19.1 Å². The second-order valence-electron chi connectivity index (χ2n) is 4.56. The largest absolute Gasteiger partial charge is 0.573 e. The molecule has 1 amide bonds. The van der Waals surface area contributed by atoms with E-state index in [-0.39, 0.29) is 23.1 Å². The third-order valence-electron chi connectivity index (χ3n) is 2.71. The molecule has 116 valence electrons. The molecule has 0 bridgehead atoms. The van der Waals surface area contributed by atoms with Crippen LogP contribution in [0.2, 0.25) is 0 Å². The summed E-state index contributed by atoms with van der Waals surface area (Å²) in [4.78, 5) is 13.8. The molecule has 0 heterocycles. The molecule has 0 spiro atoms. The summed E-state index contributed by atoms with van der Waals surface area (Å²) in [7, 11) is 1.57. The fourth-order valence-corrected chi connectivity index (χ4v) is 1.68. The number of rotatable bonds is 5. The third-order valence-corrected chi connectivity index (χ3v) is 3.12. The molecule has 1 aromatic carbocycles. The number of alkyl halides is 3. The second kappa shape index (κ2) is 6.75. The van der Waals surface area contributed by atoms with Crippen LogP contribution >= 0.6 is 12.2 Å². The summed E-state index contributed by atoms with van der Waals surface area (Å²) < 4.78 is 39.8. The number of nitrogens with zero attached hydrogens (tertiary/aromatic N) is 1. The number of carbonyl (C=O) groups excluding carboxylic acids is 1. The Labute approximate surface area is 125 Å². The summed E-state index contributed by atoms with van der Waals surface area (Å²) in [5, 5.41) is 0. The SMILES string of the molecule is CC(CN(C)C(=O)c1ccc(OC(F)(F)F)cc1)C(N)=S. The van der Waals surface area contributed by atoms with E-state index in [1.165, 1.54) is 17.0 Å². The summed E-state index contributed by atoms with van der Waals surface area (Å²) in [6.45, 7) is 2.11. The van der Waals surface area contributed by atoms with E-state index in [1.54, 1.807) is 14.0 Å². The molecule has 0 aliphatic carbocycles. The van der Waals surface area contributed by atoms with Gasteiger partial charge in [0.15, 0.2) is 0 Å². The molecule has 0 fully saturated rings. The van der Waals surface area contributed by atoms with E-state index in [9.17, 15) is 18.0 Å². The number of ether oxygens (including phenoxy) is 1. The molecule has 1 aromatic rings. The van der Waals surface area contributed by atoms with Crippen LogP contribution in [0.4, 0.5) is 13.2 Å². The average molecular weight is 320 g/mol. The summed E-state index contributed by atoms with van der Waals surface area (Å²) in [5.41, 5.74) is 5.72. The lowest BCUT2D eigenvalue weighted by atomic mass is 10.1. The Hall–Kier alpha value is -1.83. The van der Waals surface area contributed by atoms with Crippen LogP contribution < -0.4 is 10.5 Å². The summed E-state index contributed by atoms with van der Waals surface area (Å²) in [6, 6.07) is 4.72. The smallest absolute Gasteiger partial charge is 0.406 e. The number of hydrogen-bond acceptors (Lipinski definition) is 3. The lowest BCUT2D eigenvalue weighted by molar-refractivity contribution is -0.274. The predicted molar refractivity (Wildman–Crippen MR) is 76.0 cm³/mol. The van der Waals surface area contributed by atoms with Crippen LogP contribution in [-0.2, 0) is 0 Å². The molecule has 0 saturated heterocycles. The number of benzene rings is 1. The minimum Gasteiger partial charge on any atom is -0.406 e. The van der Waals surface area contributed by atoms with E-state index < -0.39 is 6.36 Å². The third kappa shape index (κ3) is 5.58. The molecule has 4 nitrogen and oxygen atoms in total. The number of carbonyl (C=O) groups is 1. The van der Waals surface area contributed by atoms with E-state index in [0.717, 1.165) is 12.1 Å². The monoisotopic (exact) mass is 320 g/mol. The van der Waals surface area contributed by atoms with Gasteiger partial charge in [-0.3, -0.25) is 4.79 Å². The van der Waals surface area contributed by atoms with Crippen molar-refractivity contribution in [2.24, 2.45) is 11.7 Å². The van der Waals surface area contributed by atoms with Gasteiger partial charge >= 0.3 is 6.36 Å². The first kappa shape index (κ1) is 17.2. The van der Waals surface area contributed by atoms with Gasteiger partial charge in [-0.15, -0.1) is 13.2 Å². The van der Waals surface area contributed by atoms with Crippen LogP contribution in [0.3, 0.4) is 0 Å². The molecular formula is C13H15F3N2O2S. The van der Waals surface area contributed by atoms with E-state index in [4.69, 9.17) is 18.0 Å². The maximum Gasteiger partial charge on any atom is 0.573 e. The van der Waals surface area contributed by atoms with Gasteiger partial charge in [0.1, 0.15) is 5.75 Å². The Morgan fingerprint density at radius 1 is 1.38 bits per heavy atom. The first-order valence-corrected chi connectivity index (χ1v) is 6.41. The highest BCUT2D eigenvalue weighted by atomic mass is 32.1. The van der Waals surface area contributed by atoms with Crippen molar-refractivity contribution in [3.8, 4) is 5.75 Å². The Balaban J connectivity index is 2.73. The molecular weight excluding hydrogens is 305 g/mol. The number of nitrogens with two attached hydrogens (primary N) is 1. The lowest BCUT2D eigenvalue weighted by Gasteiger charge is -2.21. The molecule has 8 heteroatoms. The van der Waals surface area contributed by atoms with Gasteiger partial charge in [0.25, 0.3) is 5.91 Å². The predicted octanol–water partition coefficient (Wildman–Crippen LogP) is 2.58. The first-order valence-electron chi connectivity index (χ1n) is 6.00. The molecule has 21 heavy (non-hydrogen) atoms. The molecule has 0 aliphatic rings. The maximum atomic E-state index is 12.1. The van der Waals surface area contributed by atoms with Crippen molar-refractivity contribution in [1.82, 2.24) is 4.90 Å². The van der Waals surface area contributed by atoms with Crippen LogP contribution in [0, 0.1) is 5.92 Å². The second-order valence-corrected chi connectivity index (χ2v) is 5.03. The zero-order valence-corrected chi connectivity index (χ0v) is 12.3. The van der Waals surface area contributed by atoms with Gasteiger partial charge in [0, 0.05) is 25.1 Å². The molecule has 1 atom stereocenters.